The molecular weight excluding hydrogens is 1260 g/mol. The van der Waals surface area contributed by atoms with E-state index in [9.17, 15) is 0 Å². The Balaban J connectivity index is 0.000000203. The lowest BCUT2D eigenvalue weighted by Crippen LogP contribution is -3.00. The minimum atomic E-state index is 0. The summed E-state index contributed by atoms with van der Waals surface area (Å²) in [5, 5.41) is 7.98. The van der Waals surface area contributed by atoms with E-state index in [-0.39, 0.29) is 59.8 Å². The van der Waals surface area contributed by atoms with Gasteiger partial charge in [-0.25, -0.2) is 9.48 Å². The van der Waals surface area contributed by atoms with E-state index in [1.807, 2.05) is 0 Å². The van der Waals surface area contributed by atoms with Crippen LogP contribution in [0.2, 0.25) is 0 Å². The Labute approximate surface area is 616 Å². The van der Waals surface area contributed by atoms with Crippen molar-refractivity contribution in [1.29, 1.82) is 0 Å². The Morgan fingerprint density at radius 1 is 0.284 bits per heavy atom. The predicted octanol–water partition coefficient (Wildman–Crippen LogP) is 21.5. The van der Waals surface area contributed by atoms with Gasteiger partial charge < -0.3 is 23.0 Å². The maximum atomic E-state index is 3.99. The molecule has 0 amide bonds. The third-order valence-corrected chi connectivity index (χ3v) is 21.6. The lowest BCUT2D eigenvalue weighted by molar-refractivity contribution is -0.425. The molecule has 0 saturated heterocycles. The summed E-state index contributed by atoms with van der Waals surface area (Å²) < 4.78 is 2.57. The van der Waals surface area contributed by atoms with Gasteiger partial charge in [-0.1, -0.05) is 369 Å². The largest absolute Gasteiger partial charge is 1.00 e. The van der Waals surface area contributed by atoms with Gasteiger partial charge in [0.15, 0.2) is 0 Å². The summed E-state index contributed by atoms with van der Waals surface area (Å²) in [7, 11) is 0. The maximum absolute atomic E-state index is 3.99. The molecule has 0 radical (unpaired) electrons. The second-order valence-electron chi connectivity index (χ2n) is 28.6. The standard InChI is InChI=1S/C49H51N2.C48H52N2.ClH/c1-34-29-44(36(3)40-19-11-7-12-20-40)48(45(30-34)37(4)41-21-13-8-14-22-41)50-27-28-51(33-50)49-46(38(5)42-23-15-9-16-24-42)31-35(2)32-47(49)39(6)43-25-17-10-18-26-43;1-33-29-43(35(3)39-19-11-7-12-20-39)47(44(30-33)36(4)40-21-13-8-14-22-40)49-27-28-50-48-45(37(5)41-23-15-9-16-24-41)31-34(2)32-46(48)38(6)42-25-17-10-18-26-42;/h7-26,29-33,36-39H,27-28H2,1-6H3;7-26,29-32,35-38,49-50H,27-28H2,1-6H3;1H/q+1;;/p-1/t36-,37-,38-,39-;35-,36-,37-,38-;/m11./s1. The Morgan fingerprint density at radius 3 is 0.716 bits per heavy atom. The van der Waals surface area contributed by atoms with Crippen molar-refractivity contribution >= 4 is 29.1 Å². The van der Waals surface area contributed by atoms with Crippen molar-refractivity contribution < 1.29 is 17.0 Å². The fourth-order valence-corrected chi connectivity index (χ4v) is 15.7. The average molecular weight is 1360 g/mol. The summed E-state index contributed by atoms with van der Waals surface area (Å²) in [5.41, 5.74) is 32.0. The molecule has 102 heavy (non-hydrogen) atoms. The molecule has 1 aliphatic heterocycles. The van der Waals surface area contributed by atoms with E-state index in [0.29, 0.717) is 0 Å². The summed E-state index contributed by atoms with van der Waals surface area (Å²) in [6.45, 7) is 31.2. The molecule has 5 heteroatoms. The molecule has 0 spiro atoms. The first kappa shape index (κ1) is 73.2. The Kier molecular flexibility index (Phi) is 24.5. The number of anilines is 3. The van der Waals surface area contributed by atoms with Gasteiger partial charge in [-0.3, -0.25) is 0 Å². The zero-order chi connectivity index (χ0) is 70.5. The van der Waals surface area contributed by atoms with Crippen LogP contribution in [0.3, 0.4) is 0 Å². The topological polar surface area (TPSA) is 30.3 Å². The lowest BCUT2D eigenvalue weighted by Gasteiger charge is -2.27. The highest BCUT2D eigenvalue weighted by Crippen LogP contribution is 2.46. The number of nitrogens with one attached hydrogen (secondary N) is 2. The molecule has 0 aromatic heterocycles. The molecule has 0 fully saturated rings. The molecule has 0 bridgehead atoms. The zero-order valence-electron chi connectivity index (χ0n) is 62.0. The van der Waals surface area contributed by atoms with Gasteiger partial charge >= 0.3 is 0 Å². The number of benzene rings is 12. The minimum Gasteiger partial charge on any atom is -1.00 e. The summed E-state index contributed by atoms with van der Waals surface area (Å²) in [5.74, 6) is 1.98. The van der Waals surface area contributed by atoms with Crippen molar-refractivity contribution in [2.75, 3.05) is 41.7 Å². The SMILES string of the molecule is Cc1cc([C@H](C)c2ccccc2)c(N2C=[N+](c3c([C@H](C)c4ccccc4)cc(C)cc3[C@H](C)c3ccccc3)CC2)c([C@H](C)c2ccccc2)c1.Cc1cc([C@H](C)c2ccccc2)c(NCCNc2c([C@H](C)c3ccccc3)cc(C)cc2[C@H](C)c2ccccc2)c([C@H](C)c2ccccc2)c1.[Cl-]. The molecule has 1 heterocycles. The molecule has 8 atom stereocenters. The number of aryl methyl sites for hydroxylation is 4. The van der Waals surface area contributed by atoms with Crippen molar-refractivity contribution in [2.24, 2.45) is 0 Å². The van der Waals surface area contributed by atoms with E-state index in [2.05, 4.69) is 401 Å². The summed E-state index contributed by atoms with van der Waals surface area (Å²) in [4.78, 5) is 2.57. The number of hydrogen-bond acceptors (Lipinski definition) is 3. The van der Waals surface area contributed by atoms with Gasteiger partial charge in [-0.05, 0) is 94.5 Å². The number of nitrogens with zero attached hydrogens (tertiary/aromatic N) is 2. The van der Waals surface area contributed by atoms with Gasteiger partial charge in [0.25, 0.3) is 0 Å². The Bertz CT molecular complexity index is 4280. The van der Waals surface area contributed by atoms with Crippen LogP contribution < -0.4 is 27.9 Å². The first-order chi connectivity index (χ1) is 49.1. The van der Waals surface area contributed by atoms with E-state index in [1.165, 1.54) is 134 Å². The fraction of sp³-hybridized carbons (Fsp3) is 0.247. The third-order valence-electron chi connectivity index (χ3n) is 21.6. The predicted molar refractivity (Wildman–Crippen MR) is 432 cm³/mol. The smallest absolute Gasteiger partial charge is 0.244 e. The highest BCUT2D eigenvalue weighted by molar-refractivity contribution is 5.84. The van der Waals surface area contributed by atoms with Crippen LogP contribution in [-0.4, -0.2) is 37.1 Å². The molecule has 2 N–H and O–H groups in total. The number of hydrogen-bond donors (Lipinski definition) is 2. The summed E-state index contributed by atoms with van der Waals surface area (Å²) in [6, 6.07) is 107. The lowest BCUT2D eigenvalue weighted by atomic mass is 9.83. The van der Waals surface area contributed by atoms with E-state index in [1.54, 1.807) is 0 Å². The van der Waals surface area contributed by atoms with Crippen LogP contribution in [0.25, 0.3) is 0 Å². The second-order valence-corrected chi connectivity index (χ2v) is 28.6. The summed E-state index contributed by atoms with van der Waals surface area (Å²) >= 11 is 0. The van der Waals surface area contributed by atoms with Gasteiger partial charge in [0.1, 0.15) is 24.5 Å². The molecule has 4 nitrogen and oxygen atoms in total. The molecule has 13 rings (SSSR count). The van der Waals surface area contributed by atoms with Crippen LogP contribution in [-0.2, 0) is 0 Å². The molecule has 12 aromatic carbocycles. The van der Waals surface area contributed by atoms with E-state index >= 15 is 0 Å². The molecule has 0 aliphatic carbocycles. The van der Waals surface area contributed by atoms with Gasteiger partial charge in [0.05, 0.1) is 0 Å². The van der Waals surface area contributed by atoms with Crippen LogP contribution in [0.15, 0.2) is 291 Å². The molecular formula is C97H103ClN4. The van der Waals surface area contributed by atoms with Crippen molar-refractivity contribution in [2.45, 2.75) is 130 Å². The molecule has 518 valence electrons. The van der Waals surface area contributed by atoms with Crippen molar-refractivity contribution in [3.05, 3.63) is 402 Å². The molecule has 0 saturated carbocycles. The molecule has 12 aromatic rings. The van der Waals surface area contributed by atoms with E-state index in [0.717, 1.165) is 26.2 Å². The molecule has 1 aliphatic rings. The van der Waals surface area contributed by atoms with Crippen LogP contribution in [0.1, 0.15) is 214 Å². The number of halogens is 1. The second kappa shape index (κ2) is 34.1. The highest BCUT2D eigenvalue weighted by atomic mass is 35.5. The first-order valence-electron chi connectivity index (χ1n) is 36.9. The maximum Gasteiger partial charge on any atom is 0.244 e. The first-order valence-corrected chi connectivity index (χ1v) is 36.9. The van der Waals surface area contributed by atoms with Gasteiger partial charge in [-0.15, -0.1) is 0 Å². The van der Waals surface area contributed by atoms with E-state index in [4.69, 9.17) is 0 Å². The average Bonchev–Trinajstić information content (AvgIpc) is 1.42. The minimum absolute atomic E-state index is 0. The highest BCUT2D eigenvalue weighted by Gasteiger charge is 2.35. The van der Waals surface area contributed by atoms with Crippen LogP contribution in [0, 0.1) is 27.7 Å². The van der Waals surface area contributed by atoms with Crippen molar-refractivity contribution in [3.8, 4) is 0 Å². The number of rotatable bonds is 23. The fourth-order valence-electron chi connectivity index (χ4n) is 15.7. The Morgan fingerprint density at radius 2 is 0.480 bits per heavy atom. The van der Waals surface area contributed by atoms with Crippen molar-refractivity contribution in [3.63, 3.8) is 0 Å². The third kappa shape index (κ3) is 16.8. The zero-order valence-corrected chi connectivity index (χ0v) is 62.8. The Hall–Kier alpha value is -10.0. The van der Waals surface area contributed by atoms with E-state index < -0.39 is 0 Å². The monoisotopic (exact) mass is 1360 g/mol. The normalized spacial score (nSPS) is 14.3. The summed E-state index contributed by atoms with van der Waals surface area (Å²) in [6.07, 6.45) is 2.43. The van der Waals surface area contributed by atoms with Crippen LogP contribution >= 0.6 is 0 Å². The van der Waals surface area contributed by atoms with Crippen LogP contribution in [0.4, 0.5) is 22.7 Å². The van der Waals surface area contributed by atoms with Gasteiger partial charge in [-0.2, -0.15) is 0 Å². The van der Waals surface area contributed by atoms with Crippen LogP contribution in [0.5, 0.6) is 0 Å². The van der Waals surface area contributed by atoms with Gasteiger partial charge in [0.2, 0.25) is 6.34 Å². The van der Waals surface area contributed by atoms with Gasteiger partial charge in [0, 0.05) is 94.1 Å². The van der Waals surface area contributed by atoms with Crippen molar-refractivity contribution in [1.82, 2.24) is 0 Å². The molecule has 0 unspecified atom stereocenters. The quantitative estimate of drug-likeness (QED) is 0.0494.